The summed E-state index contributed by atoms with van der Waals surface area (Å²) in [5.74, 6) is 0.520. The lowest BCUT2D eigenvalue weighted by molar-refractivity contribution is 0.474. The third kappa shape index (κ3) is 5.38. The van der Waals surface area contributed by atoms with Gasteiger partial charge in [-0.15, -0.1) is 0 Å². The van der Waals surface area contributed by atoms with Gasteiger partial charge in [-0.3, -0.25) is 0 Å². The Kier molecular flexibility index (Phi) is 7.26. The Morgan fingerprint density at radius 2 is 0.808 bits per heavy atom. The molecule has 0 aliphatic rings. The molecule has 0 aromatic heterocycles. The number of phenols is 2. The maximum absolute atomic E-state index is 9.39. The number of hydrogen-bond acceptors (Lipinski definition) is 2. The molecule has 0 heterocycles. The topological polar surface area (TPSA) is 40.5 Å². The fourth-order valence-corrected chi connectivity index (χ4v) is 2.62. The second-order valence-corrected chi connectivity index (χ2v) is 5.65. The van der Waals surface area contributed by atoms with E-state index in [0.717, 1.165) is 22.3 Å². The molecule has 132 valence electrons. The van der Waals surface area contributed by atoms with Crippen molar-refractivity contribution in [3.63, 3.8) is 0 Å². The van der Waals surface area contributed by atoms with Crippen LogP contribution in [0.3, 0.4) is 0 Å². The number of hydrogen-bond donors (Lipinski definition) is 2. The van der Waals surface area contributed by atoms with E-state index in [1.807, 2.05) is 74.5 Å². The Balaban J connectivity index is 0.000000342. The molecule has 0 radical (unpaired) electrons. The zero-order valence-corrected chi connectivity index (χ0v) is 15.1. The summed E-state index contributed by atoms with van der Waals surface area (Å²) in [4.78, 5) is 0. The Morgan fingerprint density at radius 1 is 0.538 bits per heavy atom. The standard InChI is InChI=1S/C18H18O2.C6H6/c1-3-17(13-5-9-15(19)10-6-13)18(4-2)14-7-11-16(20)12-8-14;1-2-4-6-5-3-1/h3-12,19-20H,1-2H3;1-6H/b17-3+,18-4+;. The van der Waals surface area contributed by atoms with E-state index in [1.54, 1.807) is 24.3 Å². The van der Waals surface area contributed by atoms with E-state index in [4.69, 9.17) is 0 Å². The second-order valence-electron chi connectivity index (χ2n) is 5.65. The smallest absolute Gasteiger partial charge is 0.115 e. The molecule has 2 nitrogen and oxygen atoms in total. The van der Waals surface area contributed by atoms with Crippen molar-refractivity contribution in [2.45, 2.75) is 13.8 Å². The van der Waals surface area contributed by atoms with Gasteiger partial charge < -0.3 is 10.2 Å². The Morgan fingerprint density at radius 3 is 1.04 bits per heavy atom. The molecule has 0 spiro atoms. The first kappa shape index (κ1) is 19.1. The Hall–Kier alpha value is -3.26. The van der Waals surface area contributed by atoms with Crippen LogP contribution in [-0.4, -0.2) is 10.2 Å². The minimum Gasteiger partial charge on any atom is -0.508 e. The highest BCUT2D eigenvalue weighted by atomic mass is 16.3. The van der Waals surface area contributed by atoms with Crippen LogP contribution in [0.1, 0.15) is 25.0 Å². The molecule has 0 aliphatic heterocycles. The Labute approximate surface area is 155 Å². The molecule has 2 N–H and O–H groups in total. The lowest BCUT2D eigenvalue weighted by Crippen LogP contribution is -1.90. The van der Waals surface area contributed by atoms with Crippen LogP contribution >= 0.6 is 0 Å². The van der Waals surface area contributed by atoms with Crippen molar-refractivity contribution in [3.05, 3.63) is 108 Å². The molecule has 0 atom stereocenters. The first-order valence-corrected chi connectivity index (χ1v) is 8.57. The summed E-state index contributed by atoms with van der Waals surface area (Å²) in [7, 11) is 0. The van der Waals surface area contributed by atoms with E-state index in [2.05, 4.69) is 12.2 Å². The van der Waals surface area contributed by atoms with Crippen LogP contribution in [-0.2, 0) is 0 Å². The largest absolute Gasteiger partial charge is 0.508 e. The second kappa shape index (κ2) is 9.90. The van der Waals surface area contributed by atoms with Crippen molar-refractivity contribution in [1.82, 2.24) is 0 Å². The van der Waals surface area contributed by atoms with Gasteiger partial charge in [0.2, 0.25) is 0 Å². The van der Waals surface area contributed by atoms with Gasteiger partial charge >= 0.3 is 0 Å². The quantitative estimate of drug-likeness (QED) is 0.548. The normalized spacial score (nSPS) is 11.5. The first-order valence-electron chi connectivity index (χ1n) is 8.57. The molecule has 3 aromatic carbocycles. The van der Waals surface area contributed by atoms with Crippen LogP contribution in [0.15, 0.2) is 97.1 Å². The first-order chi connectivity index (χ1) is 12.7. The van der Waals surface area contributed by atoms with Crippen LogP contribution in [0.4, 0.5) is 0 Å². The molecule has 0 unspecified atom stereocenters. The lowest BCUT2D eigenvalue weighted by Gasteiger charge is -2.13. The average Bonchev–Trinajstić information content (AvgIpc) is 2.70. The molecule has 0 amide bonds. The van der Waals surface area contributed by atoms with Crippen molar-refractivity contribution >= 4 is 11.1 Å². The van der Waals surface area contributed by atoms with Crippen molar-refractivity contribution in [2.75, 3.05) is 0 Å². The van der Waals surface area contributed by atoms with Crippen LogP contribution < -0.4 is 0 Å². The summed E-state index contributed by atoms with van der Waals surface area (Å²) in [5, 5.41) is 18.8. The van der Waals surface area contributed by atoms with E-state index >= 15 is 0 Å². The van der Waals surface area contributed by atoms with E-state index in [0.29, 0.717) is 0 Å². The van der Waals surface area contributed by atoms with Crippen molar-refractivity contribution in [3.8, 4) is 11.5 Å². The number of phenolic OH excluding ortho intramolecular Hbond substituents is 2. The predicted molar refractivity (Wildman–Crippen MR) is 110 cm³/mol. The summed E-state index contributed by atoms with van der Waals surface area (Å²) in [6, 6.07) is 26.3. The minimum absolute atomic E-state index is 0.260. The number of benzene rings is 3. The van der Waals surface area contributed by atoms with Crippen LogP contribution in [0.25, 0.3) is 11.1 Å². The van der Waals surface area contributed by atoms with E-state index in [-0.39, 0.29) is 11.5 Å². The third-order valence-corrected chi connectivity index (χ3v) is 3.89. The zero-order valence-electron chi connectivity index (χ0n) is 15.1. The molecule has 0 saturated carbocycles. The monoisotopic (exact) mass is 344 g/mol. The molecule has 0 saturated heterocycles. The number of allylic oxidation sites excluding steroid dienone is 4. The van der Waals surface area contributed by atoms with E-state index < -0.39 is 0 Å². The van der Waals surface area contributed by atoms with Gasteiger partial charge in [0.05, 0.1) is 0 Å². The van der Waals surface area contributed by atoms with Gasteiger partial charge in [-0.1, -0.05) is 72.8 Å². The molecule has 0 aliphatic carbocycles. The molecule has 26 heavy (non-hydrogen) atoms. The van der Waals surface area contributed by atoms with Crippen LogP contribution in [0.5, 0.6) is 11.5 Å². The molecule has 3 rings (SSSR count). The summed E-state index contributed by atoms with van der Waals surface area (Å²) in [6.45, 7) is 3.98. The van der Waals surface area contributed by atoms with Gasteiger partial charge in [0.1, 0.15) is 11.5 Å². The molecular formula is C24H24O2. The fourth-order valence-electron chi connectivity index (χ4n) is 2.62. The van der Waals surface area contributed by atoms with Crippen LogP contribution in [0, 0.1) is 0 Å². The molecule has 2 heteroatoms. The lowest BCUT2D eigenvalue weighted by atomic mass is 9.92. The fraction of sp³-hybridized carbons (Fsp3) is 0.0833. The van der Waals surface area contributed by atoms with Gasteiger partial charge in [-0.2, -0.15) is 0 Å². The third-order valence-electron chi connectivity index (χ3n) is 3.89. The molecule has 0 fully saturated rings. The highest BCUT2D eigenvalue weighted by molar-refractivity contribution is 6.04. The van der Waals surface area contributed by atoms with Crippen molar-refractivity contribution < 1.29 is 10.2 Å². The maximum atomic E-state index is 9.39. The molecule has 3 aromatic rings. The van der Waals surface area contributed by atoms with Gasteiger partial charge in [0.25, 0.3) is 0 Å². The molecular weight excluding hydrogens is 320 g/mol. The van der Waals surface area contributed by atoms with Gasteiger partial charge in [-0.05, 0) is 60.4 Å². The highest BCUT2D eigenvalue weighted by Crippen LogP contribution is 2.32. The van der Waals surface area contributed by atoms with Gasteiger partial charge in [0.15, 0.2) is 0 Å². The van der Waals surface area contributed by atoms with Crippen molar-refractivity contribution in [1.29, 1.82) is 0 Å². The minimum atomic E-state index is 0.260. The van der Waals surface area contributed by atoms with E-state index in [1.165, 1.54) is 0 Å². The SMILES string of the molecule is C/C=C(/C(=C/C)c1ccc(O)cc1)c1ccc(O)cc1.c1ccccc1. The summed E-state index contributed by atoms with van der Waals surface area (Å²) in [6.07, 6.45) is 4.10. The maximum Gasteiger partial charge on any atom is 0.115 e. The highest BCUT2D eigenvalue weighted by Gasteiger charge is 2.09. The Bertz CT molecular complexity index is 757. The van der Waals surface area contributed by atoms with Crippen molar-refractivity contribution in [2.24, 2.45) is 0 Å². The average molecular weight is 344 g/mol. The molecule has 0 bridgehead atoms. The number of rotatable bonds is 3. The van der Waals surface area contributed by atoms with Crippen LogP contribution in [0.2, 0.25) is 0 Å². The zero-order chi connectivity index (χ0) is 18.8. The predicted octanol–water partition coefficient (Wildman–Crippen LogP) is 6.29. The van der Waals surface area contributed by atoms with E-state index in [9.17, 15) is 10.2 Å². The summed E-state index contributed by atoms with van der Waals surface area (Å²) in [5.41, 5.74) is 4.29. The summed E-state index contributed by atoms with van der Waals surface area (Å²) < 4.78 is 0. The number of aromatic hydroxyl groups is 2. The van der Waals surface area contributed by atoms with Gasteiger partial charge in [0, 0.05) is 0 Å². The summed E-state index contributed by atoms with van der Waals surface area (Å²) >= 11 is 0. The van der Waals surface area contributed by atoms with Gasteiger partial charge in [-0.25, -0.2) is 0 Å².